The van der Waals surface area contributed by atoms with Crippen molar-refractivity contribution in [1.29, 1.82) is 5.26 Å². The van der Waals surface area contributed by atoms with Gasteiger partial charge in [0.1, 0.15) is 0 Å². The fourth-order valence-corrected chi connectivity index (χ4v) is 2.52. The van der Waals surface area contributed by atoms with Gasteiger partial charge in [0, 0.05) is 13.6 Å². The van der Waals surface area contributed by atoms with Crippen LogP contribution in [0.2, 0.25) is 0 Å². The van der Waals surface area contributed by atoms with Crippen LogP contribution in [-0.4, -0.2) is 33.2 Å². The summed E-state index contributed by atoms with van der Waals surface area (Å²) in [6, 6.07) is 1.72. The van der Waals surface area contributed by atoms with Crippen LogP contribution in [0.15, 0.2) is 0 Å². The number of carbonyl (C=O) groups is 1. The SMILES string of the molecule is CCC(C#N)S(=O)(=O)NCC(C)(C)C(=O)NC. The van der Waals surface area contributed by atoms with Gasteiger partial charge in [-0.2, -0.15) is 5.26 Å². The van der Waals surface area contributed by atoms with Gasteiger partial charge in [-0.1, -0.05) is 6.92 Å². The quantitative estimate of drug-likeness (QED) is 0.702. The summed E-state index contributed by atoms with van der Waals surface area (Å²) >= 11 is 0. The molecule has 0 aromatic rings. The van der Waals surface area contributed by atoms with E-state index in [1.165, 1.54) is 7.05 Å². The van der Waals surface area contributed by atoms with E-state index in [-0.39, 0.29) is 18.9 Å². The monoisotopic (exact) mass is 261 g/mol. The number of sulfonamides is 1. The summed E-state index contributed by atoms with van der Waals surface area (Å²) in [4.78, 5) is 11.4. The lowest BCUT2D eigenvalue weighted by atomic mass is 9.93. The Labute approximate surface area is 102 Å². The molecule has 0 rings (SSSR count). The van der Waals surface area contributed by atoms with E-state index in [9.17, 15) is 13.2 Å². The highest BCUT2D eigenvalue weighted by atomic mass is 32.2. The maximum absolute atomic E-state index is 11.7. The van der Waals surface area contributed by atoms with Crippen molar-refractivity contribution in [3.63, 3.8) is 0 Å². The van der Waals surface area contributed by atoms with Crippen LogP contribution in [0.5, 0.6) is 0 Å². The zero-order valence-corrected chi connectivity index (χ0v) is 11.4. The molecule has 2 N–H and O–H groups in total. The Kier molecular flexibility index (Phi) is 5.58. The average Bonchev–Trinajstić information content (AvgIpc) is 2.27. The molecule has 0 saturated carbocycles. The summed E-state index contributed by atoms with van der Waals surface area (Å²) in [7, 11) is -2.20. The molecule has 1 unspecified atom stereocenters. The molecule has 0 bridgehead atoms. The average molecular weight is 261 g/mol. The number of nitriles is 1. The normalized spacial score (nSPS) is 13.8. The molecule has 0 aromatic heterocycles. The standard InChI is InChI=1S/C10H19N3O3S/c1-5-8(6-11)17(15,16)13-7-10(2,3)9(14)12-4/h8,13H,5,7H2,1-4H3,(H,12,14). The number of carbonyl (C=O) groups excluding carboxylic acids is 1. The number of amides is 1. The van der Waals surface area contributed by atoms with Gasteiger partial charge in [0.15, 0.2) is 5.25 Å². The first-order valence-electron chi connectivity index (χ1n) is 5.31. The van der Waals surface area contributed by atoms with Crippen LogP contribution >= 0.6 is 0 Å². The predicted octanol–water partition coefficient (Wildman–Crippen LogP) is -0.0198. The van der Waals surface area contributed by atoms with Gasteiger partial charge in [-0.25, -0.2) is 13.1 Å². The van der Waals surface area contributed by atoms with Crippen LogP contribution in [0.25, 0.3) is 0 Å². The first-order valence-corrected chi connectivity index (χ1v) is 6.86. The van der Waals surface area contributed by atoms with E-state index in [0.29, 0.717) is 0 Å². The van der Waals surface area contributed by atoms with Crippen molar-refractivity contribution in [3.8, 4) is 6.07 Å². The fraction of sp³-hybridized carbons (Fsp3) is 0.800. The first-order chi connectivity index (χ1) is 7.71. The Morgan fingerprint density at radius 1 is 1.47 bits per heavy atom. The molecule has 1 amide bonds. The van der Waals surface area contributed by atoms with E-state index in [4.69, 9.17) is 5.26 Å². The van der Waals surface area contributed by atoms with Crippen molar-refractivity contribution in [2.24, 2.45) is 5.41 Å². The molecular weight excluding hydrogens is 242 g/mol. The molecule has 98 valence electrons. The highest BCUT2D eigenvalue weighted by Gasteiger charge is 2.31. The maximum atomic E-state index is 11.7. The summed E-state index contributed by atoms with van der Waals surface area (Å²) in [6.45, 7) is 4.84. The van der Waals surface area contributed by atoms with E-state index in [0.717, 1.165) is 0 Å². The van der Waals surface area contributed by atoms with E-state index < -0.39 is 20.7 Å². The molecule has 1 atom stereocenters. The lowest BCUT2D eigenvalue weighted by Crippen LogP contribution is -2.45. The Balaban J connectivity index is 4.69. The largest absolute Gasteiger partial charge is 0.359 e. The van der Waals surface area contributed by atoms with Gasteiger partial charge < -0.3 is 5.32 Å². The van der Waals surface area contributed by atoms with Crippen molar-refractivity contribution in [2.75, 3.05) is 13.6 Å². The van der Waals surface area contributed by atoms with Crippen molar-refractivity contribution < 1.29 is 13.2 Å². The van der Waals surface area contributed by atoms with Crippen molar-refractivity contribution in [3.05, 3.63) is 0 Å². The smallest absolute Gasteiger partial charge is 0.227 e. The summed E-state index contributed by atoms with van der Waals surface area (Å²) in [5.41, 5.74) is -0.852. The third-order valence-corrected chi connectivity index (χ3v) is 4.18. The molecule has 0 fully saturated rings. The van der Waals surface area contributed by atoms with Crippen molar-refractivity contribution in [2.45, 2.75) is 32.4 Å². The molecule has 0 spiro atoms. The number of nitrogens with one attached hydrogen (secondary N) is 2. The molecule has 17 heavy (non-hydrogen) atoms. The zero-order valence-electron chi connectivity index (χ0n) is 10.6. The van der Waals surface area contributed by atoms with Gasteiger partial charge in [0.2, 0.25) is 15.9 Å². The van der Waals surface area contributed by atoms with Gasteiger partial charge in [-0.3, -0.25) is 4.79 Å². The molecular formula is C10H19N3O3S. The van der Waals surface area contributed by atoms with Crippen LogP contribution in [0.4, 0.5) is 0 Å². The molecule has 0 aliphatic heterocycles. The molecule has 0 aromatic carbocycles. The van der Waals surface area contributed by atoms with Crippen LogP contribution in [0, 0.1) is 16.7 Å². The molecule has 0 heterocycles. The molecule has 0 radical (unpaired) electrons. The molecule has 0 saturated heterocycles. The second-order valence-corrected chi connectivity index (χ2v) is 6.30. The Bertz CT molecular complexity index is 409. The second kappa shape index (κ2) is 5.98. The summed E-state index contributed by atoms with van der Waals surface area (Å²) in [5, 5.41) is 10.1. The first kappa shape index (κ1) is 15.9. The summed E-state index contributed by atoms with van der Waals surface area (Å²) < 4.78 is 25.7. The highest BCUT2D eigenvalue weighted by Crippen LogP contribution is 2.14. The van der Waals surface area contributed by atoms with Gasteiger partial charge in [-0.05, 0) is 20.3 Å². The van der Waals surface area contributed by atoms with E-state index >= 15 is 0 Å². The second-order valence-electron chi connectivity index (χ2n) is 4.36. The summed E-state index contributed by atoms with van der Waals surface area (Å²) in [6.07, 6.45) is 0.215. The Morgan fingerprint density at radius 3 is 2.35 bits per heavy atom. The number of rotatable bonds is 6. The molecule has 7 heteroatoms. The molecule has 6 nitrogen and oxygen atoms in total. The third-order valence-electron chi connectivity index (χ3n) is 2.45. The van der Waals surface area contributed by atoms with Gasteiger partial charge in [0.25, 0.3) is 0 Å². The lowest BCUT2D eigenvalue weighted by molar-refractivity contribution is -0.128. The highest BCUT2D eigenvalue weighted by molar-refractivity contribution is 7.90. The van der Waals surface area contributed by atoms with Crippen LogP contribution in [0.3, 0.4) is 0 Å². The van der Waals surface area contributed by atoms with Gasteiger partial charge in [-0.15, -0.1) is 0 Å². The van der Waals surface area contributed by atoms with E-state index in [1.807, 2.05) is 0 Å². The minimum absolute atomic E-state index is 0.0345. The van der Waals surface area contributed by atoms with Crippen molar-refractivity contribution >= 4 is 15.9 Å². The van der Waals surface area contributed by atoms with Gasteiger partial charge in [0.05, 0.1) is 11.5 Å². The summed E-state index contributed by atoms with van der Waals surface area (Å²) in [5.74, 6) is -0.259. The molecule has 0 aliphatic carbocycles. The van der Waals surface area contributed by atoms with Crippen LogP contribution < -0.4 is 10.0 Å². The predicted molar refractivity (Wildman–Crippen MR) is 64.5 cm³/mol. The minimum atomic E-state index is -3.69. The van der Waals surface area contributed by atoms with Crippen LogP contribution in [-0.2, 0) is 14.8 Å². The lowest BCUT2D eigenvalue weighted by Gasteiger charge is -2.23. The number of hydrogen-bond acceptors (Lipinski definition) is 4. The van der Waals surface area contributed by atoms with E-state index in [1.54, 1.807) is 26.8 Å². The molecule has 0 aliphatic rings. The third kappa shape index (κ3) is 4.32. The zero-order chi connectivity index (χ0) is 13.7. The van der Waals surface area contributed by atoms with Gasteiger partial charge >= 0.3 is 0 Å². The van der Waals surface area contributed by atoms with E-state index in [2.05, 4.69) is 10.0 Å². The number of hydrogen-bond donors (Lipinski definition) is 2. The maximum Gasteiger partial charge on any atom is 0.227 e. The Morgan fingerprint density at radius 2 is 2.00 bits per heavy atom. The Hall–Kier alpha value is -1.13. The van der Waals surface area contributed by atoms with Crippen LogP contribution in [0.1, 0.15) is 27.2 Å². The minimum Gasteiger partial charge on any atom is -0.359 e. The topological polar surface area (TPSA) is 99.1 Å². The van der Waals surface area contributed by atoms with Crippen molar-refractivity contribution in [1.82, 2.24) is 10.0 Å². The number of nitrogens with zero attached hydrogens (tertiary/aromatic N) is 1. The fourth-order valence-electron chi connectivity index (χ4n) is 1.18.